The maximum Gasteiger partial charge on any atom is 0.145 e. The van der Waals surface area contributed by atoms with Crippen LogP contribution in [0.15, 0.2) is 12.1 Å². The summed E-state index contributed by atoms with van der Waals surface area (Å²) in [5, 5.41) is 3.37. The summed E-state index contributed by atoms with van der Waals surface area (Å²) in [6.07, 6.45) is 1.05. The zero-order chi connectivity index (χ0) is 11.7. The van der Waals surface area contributed by atoms with E-state index in [1.54, 1.807) is 6.07 Å². The van der Waals surface area contributed by atoms with E-state index < -0.39 is 5.82 Å². The van der Waals surface area contributed by atoms with Gasteiger partial charge in [-0.25, -0.2) is 4.39 Å². The fourth-order valence-corrected chi connectivity index (χ4v) is 2.14. The third kappa shape index (κ3) is 2.15. The molecule has 1 aliphatic rings. The SMILES string of the molecule is CCOc1cc(F)c(Cl)cc1C1CC1NC. The molecule has 1 saturated carbocycles. The minimum Gasteiger partial charge on any atom is -0.493 e. The van der Waals surface area contributed by atoms with Gasteiger partial charge in [0.15, 0.2) is 0 Å². The van der Waals surface area contributed by atoms with Crippen molar-refractivity contribution < 1.29 is 9.13 Å². The van der Waals surface area contributed by atoms with Crippen molar-refractivity contribution in [1.29, 1.82) is 0 Å². The number of hydrogen-bond donors (Lipinski definition) is 1. The Labute approximate surface area is 99.7 Å². The van der Waals surface area contributed by atoms with E-state index in [9.17, 15) is 4.39 Å². The monoisotopic (exact) mass is 243 g/mol. The van der Waals surface area contributed by atoms with Crippen LogP contribution in [0.5, 0.6) is 5.75 Å². The van der Waals surface area contributed by atoms with Crippen molar-refractivity contribution in [1.82, 2.24) is 5.32 Å². The second-order valence-electron chi connectivity index (χ2n) is 3.97. The Morgan fingerprint density at radius 2 is 2.31 bits per heavy atom. The lowest BCUT2D eigenvalue weighted by atomic mass is 10.1. The summed E-state index contributed by atoms with van der Waals surface area (Å²) in [4.78, 5) is 0. The van der Waals surface area contributed by atoms with Gasteiger partial charge in [-0.15, -0.1) is 0 Å². The van der Waals surface area contributed by atoms with Crippen LogP contribution in [0.25, 0.3) is 0 Å². The molecule has 88 valence electrons. The van der Waals surface area contributed by atoms with E-state index in [0.717, 1.165) is 12.0 Å². The van der Waals surface area contributed by atoms with Gasteiger partial charge in [0.05, 0.1) is 11.6 Å². The molecule has 2 unspecified atom stereocenters. The Balaban J connectivity index is 2.31. The first-order chi connectivity index (χ1) is 7.67. The summed E-state index contributed by atoms with van der Waals surface area (Å²) >= 11 is 5.80. The van der Waals surface area contributed by atoms with Gasteiger partial charge in [0.25, 0.3) is 0 Å². The maximum absolute atomic E-state index is 13.3. The predicted octanol–water partition coefficient (Wildman–Crippen LogP) is 2.95. The van der Waals surface area contributed by atoms with Gasteiger partial charge in [0.1, 0.15) is 11.6 Å². The molecular formula is C12H15ClFNO. The van der Waals surface area contributed by atoms with Gasteiger partial charge < -0.3 is 10.1 Å². The molecule has 0 aromatic heterocycles. The van der Waals surface area contributed by atoms with E-state index in [4.69, 9.17) is 16.3 Å². The van der Waals surface area contributed by atoms with Crippen molar-refractivity contribution in [3.63, 3.8) is 0 Å². The van der Waals surface area contributed by atoms with E-state index in [-0.39, 0.29) is 5.02 Å². The molecule has 1 aromatic carbocycles. The molecule has 1 aliphatic carbocycles. The van der Waals surface area contributed by atoms with Crippen LogP contribution in [0.3, 0.4) is 0 Å². The van der Waals surface area contributed by atoms with Crippen LogP contribution in [0, 0.1) is 5.82 Å². The van der Waals surface area contributed by atoms with Crippen LogP contribution < -0.4 is 10.1 Å². The fourth-order valence-electron chi connectivity index (χ4n) is 1.97. The number of rotatable bonds is 4. The summed E-state index contributed by atoms with van der Waals surface area (Å²) in [7, 11) is 1.93. The molecule has 0 amide bonds. The van der Waals surface area contributed by atoms with Gasteiger partial charge in [0, 0.05) is 23.6 Å². The van der Waals surface area contributed by atoms with E-state index in [0.29, 0.717) is 24.3 Å². The number of halogens is 2. The highest BCUT2D eigenvalue weighted by Crippen LogP contribution is 2.45. The van der Waals surface area contributed by atoms with Gasteiger partial charge in [-0.3, -0.25) is 0 Å². The van der Waals surface area contributed by atoms with Crippen LogP contribution in [-0.4, -0.2) is 19.7 Å². The standard InChI is InChI=1S/C12H15ClFNO/c1-3-16-12-6-10(14)9(13)4-8(12)7-5-11(7)15-2/h4,6-7,11,15H,3,5H2,1-2H3. The van der Waals surface area contributed by atoms with Crippen molar-refractivity contribution in [2.75, 3.05) is 13.7 Å². The predicted molar refractivity (Wildman–Crippen MR) is 62.8 cm³/mol. The average Bonchev–Trinajstić information content (AvgIpc) is 3.02. The molecule has 2 rings (SSSR count). The first kappa shape index (κ1) is 11.7. The third-order valence-electron chi connectivity index (χ3n) is 2.91. The second kappa shape index (κ2) is 4.60. The molecule has 2 nitrogen and oxygen atoms in total. The van der Waals surface area contributed by atoms with E-state index in [1.165, 1.54) is 6.07 Å². The summed E-state index contributed by atoms with van der Waals surface area (Å²) in [6, 6.07) is 3.52. The molecule has 0 bridgehead atoms. The zero-order valence-electron chi connectivity index (χ0n) is 9.39. The summed E-state index contributed by atoms with van der Waals surface area (Å²) in [5.74, 6) is 0.590. The van der Waals surface area contributed by atoms with Gasteiger partial charge >= 0.3 is 0 Å². The van der Waals surface area contributed by atoms with Gasteiger partial charge in [-0.1, -0.05) is 11.6 Å². The quantitative estimate of drug-likeness (QED) is 0.878. The van der Waals surface area contributed by atoms with E-state index in [2.05, 4.69) is 5.32 Å². The lowest BCUT2D eigenvalue weighted by molar-refractivity contribution is 0.334. The number of nitrogens with one attached hydrogen (secondary N) is 1. The van der Waals surface area contributed by atoms with Gasteiger partial charge in [0.2, 0.25) is 0 Å². The van der Waals surface area contributed by atoms with Gasteiger partial charge in [-0.05, 0) is 26.5 Å². The molecule has 2 atom stereocenters. The summed E-state index contributed by atoms with van der Waals surface area (Å²) in [5.41, 5.74) is 1.01. The molecule has 1 N–H and O–H groups in total. The Kier molecular flexibility index (Phi) is 3.36. The topological polar surface area (TPSA) is 21.3 Å². The number of likely N-dealkylation sites (N-methyl/N-ethyl adjacent to an activating group) is 1. The molecule has 1 fully saturated rings. The van der Waals surface area contributed by atoms with Gasteiger partial charge in [-0.2, -0.15) is 0 Å². The minimum atomic E-state index is -0.421. The highest BCUT2D eigenvalue weighted by molar-refractivity contribution is 6.30. The zero-order valence-corrected chi connectivity index (χ0v) is 10.1. The molecular weight excluding hydrogens is 229 g/mol. The van der Waals surface area contributed by atoms with Crippen LogP contribution in [0.2, 0.25) is 5.02 Å². The maximum atomic E-state index is 13.3. The number of ether oxygens (including phenoxy) is 1. The lowest BCUT2D eigenvalue weighted by Crippen LogP contribution is -2.10. The molecule has 0 spiro atoms. The van der Waals surface area contributed by atoms with E-state index in [1.807, 2.05) is 14.0 Å². The van der Waals surface area contributed by atoms with Crippen molar-refractivity contribution in [3.05, 3.63) is 28.5 Å². The highest BCUT2D eigenvalue weighted by Gasteiger charge is 2.39. The molecule has 4 heteroatoms. The average molecular weight is 244 g/mol. The highest BCUT2D eigenvalue weighted by atomic mass is 35.5. The first-order valence-electron chi connectivity index (χ1n) is 5.46. The number of benzene rings is 1. The molecule has 1 aromatic rings. The van der Waals surface area contributed by atoms with Crippen LogP contribution >= 0.6 is 11.6 Å². The van der Waals surface area contributed by atoms with Crippen molar-refractivity contribution in [3.8, 4) is 5.75 Å². The smallest absolute Gasteiger partial charge is 0.145 e. The Bertz CT molecular complexity index is 397. The summed E-state index contributed by atoms with van der Waals surface area (Å²) < 4.78 is 18.8. The fraction of sp³-hybridized carbons (Fsp3) is 0.500. The lowest BCUT2D eigenvalue weighted by Gasteiger charge is -2.11. The van der Waals surface area contributed by atoms with Crippen molar-refractivity contribution in [2.45, 2.75) is 25.3 Å². The first-order valence-corrected chi connectivity index (χ1v) is 5.84. The third-order valence-corrected chi connectivity index (χ3v) is 3.20. The largest absolute Gasteiger partial charge is 0.493 e. The summed E-state index contributed by atoms with van der Waals surface area (Å²) in [6.45, 7) is 2.42. The normalized spacial score (nSPS) is 23.2. The molecule has 0 heterocycles. The molecule has 16 heavy (non-hydrogen) atoms. The van der Waals surface area contributed by atoms with Crippen LogP contribution in [0.1, 0.15) is 24.8 Å². The second-order valence-corrected chi connectivity index (χ2v) is 4.38. The Hall–Kier alpha value is -0.800. The molecule has 0 aliphatic heterocycles. The minimum absolute atomic E-state index is 0.167. The molecule has 0 saturated heterocycles. The van der Waals surface area contributed by atoms with E-state index >= 15 is 0 Å². The Morgan fingerprint density at radius 1 is 1.56 bits per heavy atom. The van der Waals surface area contributed by atoms with Crippen LogP contribution in [-0.2, 0) is 0 Å². The van der Waals surface area contributed by atoms with Crippen molar-refractivity contribution >= 4 is 11.6 Å². The number of hydrogen-bond acceptors (Lipinski definition) is 2. The Morgan fingerprint density at radius 3 is 2.88 bits per heavy atom. The van der Waals surface area contributed by atoms with Crippen molar-refractivity contribution in [2.24, 2.45) is 0 Å². The van der Waals surface area contributed by atoms with Crippen LogP contribution in [0.4, 0.5) is 4.39 Å². The molecule has 0 radical (unpaired) electrons.